The molecule has 2 heterocycles. The van der Waals surface area contributed by atoms with Gasteiger partial charge in [-0.25, -0.2) is 9.78 Å². The van der Waals surface area contributed by atoms with Crippen molar-refractivity contribution in [3.8, 4) is 16.3 Å². The Hall–Kier alpha value is -2.85. The number of benzene rings is 2. The average Bonchev–Trinajstić information content (AvgIpc) is 3.11. The van der Waals surface area contributed by atoms with Crippen molar-refractivity contribution in [2.24, 2.45) is 4.99 Å². The van der Waals surface area contributed by atoms with E-state index in [1.807, 2.05) is 13.0 Å². The highest BCUT2D eigenvalue weighted by atomic mass is 32.2. The highest BCUT2D eigenvalue weighted by Crippen LogP contribution is 2.43. The predicted molar refractivity (Wildman–Crippen MR) is 118 cm³/mol. The highest BCUT2D eigenvalue weighted by molar-refractivity contribution is 8.00. The third-order valence-electron chi connectivity index (χ3n) is 4.70. The van der Waals surface area contributed by atoms with Gasteiger partial charge < -0.3 is 9.84 Å². The Morgan fingerprint density at radius 3 is 2.62 bits per heavy atom. The topological polar surface area (TPSA) is 71.8 Å². The Morgan fingerprint density at radius 1 is 1.19 bits per heavy atom. The number of para-hydroxylation sites is 1. The minimum atomic E-state index is -4.37. The number of carboxylic acids is 1. The summed E-state index contributed by atoms with van der Waals surface area (Å²) in [6, 6.07) is 10.4. The van der Waals surface area contributed by atoms with Gasteiger partial charge in [-0.15, -0.1) is 23.1 Å². The van der Waals surface area contributed by atoms with Crippen molar-refractivity contribution in [3.63, 3.8) is 0 Å². The quantitative estimate of drug-likeness (QED) is 0.469. The van der Waals surface area contributed by atoms with E-state index in [2.05, 4.69) is 9.98 Å². The number of fused-ring (bicyclic) bond motifs is 1. The SMILES string of the molecule is Cc1nc(-c2ccc(C(F)(F)F)cc2)sc1CC1C=Nc2c(OCC(=O)O)cccc2S1. The minimum Gasteiger partial charge on any atom is -0.480 e. The van der Waals surface area contributed by atoms with E-state index in [0.717, 1.165) is 27.6 Å². The number of rotatable bonds is 6. The van der Waals surface area contributed by atoms with Gasteiger partial charge >= 0.3 is 12.1 Å². The molecule has 0 saturated heterocycles. The summed E-state index contributed by atoms with van der Waals surface area (Å²) in [5.41, 5.74) is 1.41. The van der Waals surface area contributed by atoms with Gasteiger partial charge in [0.15, 0.2) is 6.61 Å². The Morgan fingerprint density at radius 2 is 1.94 bits per heavy atom. The summed E-state index contributed by atoms with van der Waals surface area (Å²) in [4.78, 5) is 21.7. The van der Waals surface area contributed by atoms with Crippen LogP contribution in [0.5, 0.6) is 5.75 Å². The number of carboxylic acid groups (broad SMARTS) is 1. The van der Waals surface area contributed by atoms with Gasteiger partial charge in [0.1, 0.15) is 16.4 Å². The van der Waals surface area contributed by atoms with E-state index in [0.29, 0.717) is 28.4 Å². The van der Waals surface area contributed by atoms with Crippen LogP contribution < -0.4 is 4.74 Å². The standard InChI is InChI=1S/C22H17F3N2O3S2/c1-12-18(32-21(27-12)13-5-7-14(8-6-13)22(23,24)25)9-15-10-26-20-16(30-11-19(28)29)3-2-4-17(20)31-15/h2-8,10,15H,9,11H2,1H3,(H,28,29). The average molecular weight is 479 g/mol. The predicted octanol–water partition coefficient (Wildman–Crippen LogP) is 6.02. The molecule has 3 aromatic rings. The third-order valence-corrected chi connectivity index (χ3v) is 7.10. The molecule has 0 aliphatic carbocycles. The number of aryl methyl sites for hydroxylation is 1. The van der Waals surface area contributed by atoms with Gasteiger partial charge in [-0.05, 0) is 31.2 Å². The van der Waals surface area contributed by atoms with Crippen LogP contribution in [0.25, 0.3) is 10.6 Å². The fraction of sp³-hybridized carbons (Fsp3) is 0.227. The summed E-state index contributed by atoms with van der Waals surface area (Å²) in [6.45, 7) is 1.45. The van der Waals surface area contributed by atoms with Crippen LogP contribution in [0.1, 0.15) is 16.1 Å². The van der Waals surface area contributed by atoms with Crippen LogP contribution in [-0.4, -0.2) is 34.1 Å². The second-order valence-electron chi connectivity index (χ2n) is 7.03. The number of thioether (sulfide) groups is 1. The molecule has 1 aromatic heterocycles. The van der Waals surface area contributed by atoms with E-state index < -0.39 is 24.3 Å². The molecule has 1 N–H and O–H groups in total. The number of alkyl halides is 3. The van der Waals surface area contributed by atoms with Crippen LogP contribution in [0.15, 0.2) is 52.4 Å². The van der Waals surface area contributed by atoms with Crippen LogP contribution >= 0.6 is 23.1 Å². The molecule has 2 aromatic carbocycles. The van der Waals surface area contributed by atoms with Gasteiger partial charge in [0.2, 0.25) is 0 Å². The monoisotopic (exact) mass is 478 g/mol. The summed E-state index contributed by atoms with van der Waals surface area (Å²) >= 11 is 3.05. The first-order chi connectivity index (χ1) is 15.2. The van der Waals surface area contributed by atoms with E-state index in [9.17, 15) is 18.0 Å². The lowest BCUT2D eigenvalue weighted by atomic mass is 10.1. The van der Waals surface area contributed by atoms with E-state index in [1.165, 1.54) is 23.5 Å². The van der Waals surface area contributed by atoms with E-state index >= 15 is 0 Å². The van der Waals surface area contributed by atoms with Crippen molar-refractivity contribution < 1.29 is 27.8 Å². The molecule has 0 spiro atoms. The van der Waals surface area contributed by atoms with Crippen LogP contribution in [0.2, 0.25) is 0 Å². The number of aliphatic imine (C=N–C) groups is 1. The number of thiazole rings is 1. The van der Waals surface area contributed by atoms with Gasteiger partial charge in [0.25, 0.3) is 0 Å². The molecule has 1 aliphatic rings. The molecule has 1 atom stereocenters. The molecule has 0 radical (unpaired) electrons. The second kappa shape index (κ2) is 8.95. The number of hydrogen-bond donors (Lipinski definition) is 1. The zero-order valence-electron chi connectivity index (χ0n) is 16.7. The van der Waals surface area contributed by atoms with Gasteiger partial charge in [-0.2, -0.15) is 13.2 Å². The van der Waals surface area contributed by atoms with E-state index in [4.69, 9.17) is 9.84 Å². The molecule has 5 nitrogen and oxygen atoms in total. The molecule has 0 fully saturated rings. The number of aromatic nitrogens is 1. The van der Waals surface area contributed by atoms with Gasteiger partial charge in [0.05, 0.1) is 11.3 Å². The molecule has 1 unspecified atom stereocenters. The first-order valence-corrected chi connectivity index (χ1v) is 11.2. The van der Waals surface area contributed by atoms with E-state index in [1.54, 1.807) is 30.1 Å². The molecular formula is C22H17F3N2O3S2. The molecule has 10 heteroatoms. The maximum atomic E-state index is 12.8. The van der Waals surface area contributed by atoms with Crippen LogP contribution in [-0.2, 0) is 17.4 Å². The van der Waals surface area contributed by atoms with Crippen molar-refractivity contribution >= 4 is 41.0 Å². The number of aliphatic carboxylic acids is 1. The molecular weight excluding hydrogens is 461 g/mol. The minimum absolute atomic E-state index is 0.0387. The highest BCUT2D eigenvalue weighted by Gasteiger charge is 2.30. The third kappa shape index (κ3) is 4.97. The summed E-state index contributed by atoms with van der Waals surface area (Å²) in [6.07, 6.45) is -1.90. The molecule has 0 amide bonds. The van der Waals surface area contributed by atoms with Crippen molar-refractivity contribution in [1.29, 1.82) is 0 Å². The molecule has 166 valence electrons. The second-order valence-corrected chi connectivity index (χ2v) is 9.39. The fourth-order valence-electron chi connectivity index (χ4n) is 3.15. The van der Waals surface area contributed by atoms with E-state index in [-0.39, 0.29) is 5.25 Å². The Balaban J connectivity index is 1.49. The lowest BCUT2D eigenvalue weighted by Crippen LogP contribution is -2.13. The summed E-state index contributed by atoms with van der Waals surface area (Å²) < 4.78 is 43.7. The molecule has 1 aliphatic heterocycles. The zero-order chi connectivity index (χ0) is 22.9. The normalized spacial score (nSPS) is 15.4. The molecule has 32 heavy (non-hydrogen) atoms. The maximum absolute atomic E-state index is 12.8. The summed E-state index contributed by atoms with van der Waals surface area (Å²) in [7, 11) is 0. The Bertz CT molecular complexity index is 1170. The molecule has 0 saturated carbocycles. The summed E-state index contributed by atoms with van der Waals surface area (Å²) in [5, 5.41) is 9.53. The Kier molecular flexibility index (Phi) is 6.25. The van der Waals surface area contributed by atoms with Crippen LogP contribution in [0.4, 0.5) is 18.9 Å². The summed E-state index contributed by atoms with van der Waals surface area (Å²) in [5.74, 6) is -0.636. The lowest BCUT2D eigenvalue weighted by molar-refractivity contribution is -0.139. The number of nitrogens with zero attached hydrogens (tertiary/aromatic N) is 2. The molecule has 0 bridgehead atoms. The van der Waals surface area contributed by atoms with Gasteiger partial charge in [-0.3, -0.25) is 4.99 Å². The smallest absolute Gasteiger partial charge is 0.416 e. The first kappa shape index (κ1) is 22.3. The zero-order valence-corrected chi connectivity index (χ0v) is 18.4. The number of halogens is 3. The number of hydrogen-bond acceptors (Lipinski definition) is 6. The first-order valence-electron chi connectivity index (χ1n) is 9.53. The van der Waals surface area contributed by atoms with Crippen molar-refractivity contribution in [1.82, 2.24) is 4.98 Å². The number of ether oxygens (including phenoxy) is 1. The van der Waals surface area contributed by atoms with Crippen LogP contribution in [0, 0.1) is 6.92 Å². The van der Waals surface area contributed by atoms with Gasteiger partial charge in [-0.1, -0.05) is 18.2 Å². The molecule has 4 rings (SSSR count). The van der Waals surface area contributed by atoms with Gasteiger partial charge in [0, 0.05) is 33.2 Å². The fourth-order valence-corrected chi connectivity index (χ4v) is 5.50. The van der Waals surface area contributed by atoms with Crippen LogP contribution in [0.3, 0.4) is 0 Å². The van der Waals surface area contributed by atoms with Crippen molar-refractivity contribution in [3.05, 3.63) is 58.6 Å². The Labute approximate surface area is 190 Å². The maximum Gasteiger partial charge on any atom is 0.416 e. The van der Waals surface area contributed by atoms with Crippen molar-refractivity contribution in [2.45, 2.75) is 29.7 Å². The lowest BCUT2D eigenvalue weighted by Gasteiger charge is -2.19. The van der Waals surface area contributed by atoms with Crippen molar-refractivity contribution in [2.75, 3.05) is 6.61 Å². The number of carbonyl (C=O) groups is 1. The largest absolute Gasteiger partial charge is 0.480 e.